The molecule has 2 heterocycles. The van der Waals surface area contributed by atoms with Gasteiger partial charge >= 0.3 is 0 Å². The number of pyridine rings is 1. The zero-order chi connectivity index (χ0) is 17.4. The van der Waals surface area contributed by atoms with Crippen LogP contribution < -0.4 is 5.56 Å². The van der Waals surface area contributed by atoms with Gasteiger partial charge in [0, 0.05) is 23.6 Å². The topological polar surface area (TPSA) is 48.0 Å². The van der Waals surface area contributed by atoms with E-state index >= 15 is 0 Å². The summed E-state index contributed by atoms with van der Waals surface area (Å²) in [5.74, 6) is 0. The van der Waals surface area contributed by atoms with Crippen LogP contribution in [-0.2, 0) is 7.05 Å². The highest BCUT2D eigenvalue weighted by Gasteiger charge is 2.17. The molecule has 0 aliphatic carbocycles. The van der Waals surface area contributed by atoms with Crippen LogP contribution in [0.25, 0.3) is 33.5 Å². The Balaban J connectivity index is 1.92. The molecule has 5 heteroatoms. The van der Waals surface area contributed by atoms with Gasteiger partial charge in [-0.25, -0.2) is 0 Å². The monoisotopic (exact) mass is 348 g/mol. The summed E-state index contributed by atoms with van der Waals surface area (Å²) in [5, 5.41) is 4.65. The molecule has 2 aromatic heterocycles. The van der Waals surface area contributed by atoms with Gasteiger partial charge in [-0.1, -0.05) is 47.6 Å². The summed E-state index contributed by atoms with van der Waals surface area (Å²) in [6, 6.07) is 19.6. The number of hydrogen-bond acceptors (Lipinski definition) is 4. The standard InChI is InChI=1S/C20H16N2O2S/c1-22-16(13-8-10-15(25-2)11-9-13)12-17-18(20(22)23)19(21-24-17)14-6-4-3-5-7-14/h3-12H,1-2H3. The second-order valence-corrected chi connectivity index (χ2v) is 6.64. The third-order valence-electron chi connectivity index (χ3n) is 4.30. The number of hydrogen-bond donors (Lipinski definition) is 0. The molecule has 0 spiro atoms. The predicted molar refractivity (Wildman–Crippen MR) is 102 cm³/mol. The molecule has 0 atom stereocenters. The molecule has 4 rings (SSSR count). The van der Waals surface area contributed by atoms with E-state index in [9.17, 15) is 4.79 Å². The second kappa shape index (κ2) is 6.26. The average Bonchev–Trinajstić information content (AvgIpc) is 3.09. The van der Waals surface area contributed by atoms with Crippen molar-refractivity contribution in [1.29, 1.82) is 0 Å². The Hall–Kier alpha value is -2.79. The lowest BCUT2D eigenvalue weighted by Crippen LogP contribution is -2.18. The minimum Gasteiger partial charge on any atom is -0.355 e. The summed E-state index contributed by atoms with van der Waals surface area (Å²) >= 11 is 1.69. The van der Waals surface area contributed by atoms with Crippen LogP contribution in [0.4, 0.5) is 0 Å². The quantitative estimate of drug-likeness (QED) is 0.508. The third-order valence-corrected chi connectivity index (χ3v) is 5.04. The molecule has 2 aromatic carbocycles. The molecule has 25 heavy (non-hydrogen) atoms. The minimum atomic E-state index is -0.110. The SMILES string of the molecule is CSc1ccc(-c2cc3onc(-c4ccccc4)c3c(=O)n2C)cc1. The number of thioether (sulfide) groups is 1. The van der Waals surface area contributed by atoms with Gasteiger partial charge in [0.2, 0.25) is 0 Å². The first kappa shape index (κ1) is 15.7. The molecule has 4 aromatic rings. The second-order valence-electron chi connectivity index (χ2n) is 5.76. The third kappa shape index (κ3) is 2.66. The van der Waals surface area contributed by atoms with Crippen LogP contribution in [0.3, 0.4) is 0 Å². The number of nitrogens with zero attached hydrogens (tertiary/aromatic N) is 2. The maximum absolute atomic E-state index is 13.0. The molecule has 0 N–H and O–H groups in total. The number of aromatic nitrogens is 2. The van der Waals surface area contributed by atoms with Crippen LogP contribution in [0.15, 0.2) is 74.9 Å². The normalized spacial score (nSPS) is 11.1. The van der Waals surface area contributed by atoms with E-state index in [1.165, 1.54) is 4.90 Å². The highest BCUT2D eigenvalue weighted by molar-refractivity contribution is 7.98. The van der Waals surface area contributed by atoms with E-state index in [-0.39, 0.29) is 5.56 Å². The molecule has 0 amide bonds. The Bertz CT molecular complexity index is 1100. The fourth-order valence-corrected chi connectivity index (χ4v) is 3.35. The van der Waals surface area contributed by atoms with Gasteiger partial charge in [-0.3, -0.25) is 4.79 Å². The van der Waals surface area contributed by atoms with Gasteiger partial charge < -0.3 is 9.09 Å². The molecule has 4 nitrogen and oxygen atoms in total. The molecule has 0 aliphatic heterocycles. The van der Waals surface area contributed by atoms with Crippen LogP contribution in [0.5, 0.6) is 0 Å². The number of fused-ring (bicyclic) bond motifs is 1. The van der Waals surface area contributed by atoms with Crippen LogP contribution >= 0.6 is 11.8 Å². The van der Waals surface area contributed by atoms with E-state index in [1.54, 1.807) is 23.4 Å². The van der Waals surface area contributed by atoms with E-state index < -0.39 is 0 Å². The molecule has 0 saturated heterocycles. The van der Waals surface area contributed by atoms with E-state index in [2.05, 4.69) is 5.16 Å². The summed E-state index contributed by atoms with van der Waals surface area (Å²) in [5.41, 5.74) is 3.63. The van der Waals surface area contributed by atoms with E-state index in [1.807, 2.05) is 66.9 Å². The van der Waals surface area contributed by atoms with Gasteiger partial charge in [0.1, 0.15) is 11.1 Å². The molecule has 0 bridgehead atoms. The van der Waals surface area contributed by atoms with Crippen LogP contribution in [0.2, 0.25) is 0 Å². The van der Waals surface area contributed by atoms with Gasteiger partial charge in [0.05, 0.1) is 5.69 Å². The summed E-state index contributed by atoms with van der Waals surface area (Å²) in [6.45, 7) is 0. The van der Waals surface area contributed by atoms with Crippen molar-refractivity contribution in [1.82, 2.24) is 9.72 Å². The fraction of sp³-hybridized carbons (Fsp3) is 0.100. The fourth-order valence-electron chi connectivity index (χ4n) is 2.94. The lowest BCUT2D eigenvalue weighted by Gasteiger charge is -2.09. The van der Waals surface area contributed by atoms with Crippen molar-refractivity contribution in [3.63, 3.8) is 0 Å². The van der Waals surface area contributed by atoms with Gasteiger partial charge in [-0.05, 0) is 24.0 Å². The van der Waals surface area contributed by atoms with Gasteiger partial charge in [-0.15, -0.1) is 11.8 Å². The zero-order valence-corrected chi connectivity index (χ0v) is 14.7. The highest BCUT2D eigenvalue weighted by Crippen LogP contribution is 2.29. The van der Waals surface area contributed by atoms with Crippen molar-refractivity contribution in [2.24, 2.45) is 7.05 Å². The summed E-state index contributed by atoms with van der Waals surface area (Å²) in [7, 11) is 1.78. The van der Waals surface area contributed by atoms with Gasteiger partial charge in [-0.2, -0.15) is 0 Å². The Morgan fingerprint density at radius 2 is 1.72 bits per heavy atom. The van der Waals surface area contributed by atoms with Crippen molar-refractivity contribution in [3.8, 4) is 22.5 Å². The zero-order valence-electron chi connectivity index (χ0n) is 13.9. The van der Waals surface area contributed by atoms with Crippen LogP contribution in [-0.4, -0.2) is 16.0 Å². The lowest BCUT2D eigenvalue weighted by atomic mass is 10.1. The van der Waals surface area contributed by atoms with E-state index in [0.29, 0.717) is 16.7 Å². The Morgan fingerprint density at radius 1 is 1.00 bits per heavy atom. The van der Waals surface area contributed by atoms with Gasteiger partial charge in [0.15, 0.2) is 5.58 Å². The molecule has 124 valence electrons. The van der Waals surface area contributed by atoms with Crippen molar-refractivity contribution >= 4 is 22.7 Å². The summed E-state index contributed by atoms with van der Waals surface area (Å²) < 4.78 is 7.13. The van der Waals surface area contributed by atoms with Crippen LogP contribution in [0, 0.1) is 0 Å². The van der Waals surface area contributed by atoms with Crippen molar-refractivity contribution in [3.05, 3.63) is 71.0 Å². The first-order valence-electron chi connectivity index (χ1n) is 7.88. The van der Waals surface area contributed by atoms with Crippen LogP contribution in [0.1, 0.15) is 0 Å². The average molecular weight is 348 g/mol. The summed E-state index contributed by atoms with van der Waals surface area (Å²) in [4.78, 5) is 14.1. The van der Waals surface area contributed by atoms with E-state index in [0.717, 1.165) is 16.8 Å². The molecule has 0 aliphatic rings. The van der Waals surface area contributed by atoms with Gasteiger partial charge in [0.25, 0.3) is 5.56 Å². The number of benzene rings is 2. The lowest BCUT2D eigenvalue weighted by molar-refractivity contribution is 0.459. The summed E-state index contributed by atoms with van der Waals surface area (Å²) in [6.07, 6.45) is 2.04. The Morgan fingerprint density at radius 3 is 2.40 bits per heavy atom. The molecular weight excluding hydrogens is 332 g/mol. The predicted octanol–water partition coefficient (Wildman–Crippen LogP) is 4.58. The molecular formula is C20H16N2O2S. The molecule has 0 saturated carbocycles. The maximum atomic E-state index is 13.0. The molecule has 0 unspecified atom stereocenters. The minimum absolute atomic E-state index is 0.110. The molecule has 0 radical (unpaired) electrons. The molecule has 0 fully saturated rings. The maximum Gasteiger partial charge on any atom is 0.264 e. The largest absolute Gasteiger partial charge is 0.355 e. The highest BCUT2D eigenvalue weighted by atomic mass is 32.2. The number of rotatable bonds is 3. The van der Waals surface area contributed by atoms with Crippen molar-refractivity contribution in [2.75, 3.05) is 6.26 Å². The first-order valence-corrected chi connectivity index (χ1v) is 9.11. The Labute approximate surface area is 149 Å². The van der Waals surface area contributed by atoms with Crippen molar-refractivity contribution in [2.45, 2.75) is 4.90 Å². The first-order chi connectivity index (χ1) is 12.2. The Kier molecular flexibility index (Phi) is 3.93. The van der Waals surface area contributed by atoms with Crippen molar-refractivity contribution < 1.29 is 4.52 Å². The van der Waals surface area contributed by atoms with E-state index in [4.69, 9.17) is 4.52 Å². The smallest absolute Gasteiger partial charge is 0.264 e.